The molecule has 5 rings (SSSR count). The monoisotopic (exact) mass is 550 g/mol. The van der Waals surface area contributed by atoms with Crippen LogP contribution in [0.1, 0.15) is 42.8 Å². The van der Waals surface area contributed by atoms with Gasteiger partial charge in [0.2, 0.25) is 0 Å². The molecule has 30 heavy (non-hydrogen) atoms. The van der Waals surface area contributed by atoms with E-state index in [0.29, 0.717) is 7.25 Å². The number of halogens is 3. The van der Waals surface area contributed by atoms with Gasteiger partial charge in [0.25, 0.3) is 0 Å². The van der Waals surface area contributed by atoms with E-state index in [4.69, 9.17) is 8.51 Å². The fraction of sp³-hybridized carbons (Fsp3) is 0.200. The normalized spacial score (nSPS) is 16.8. The molecule has 0 nitrogen and oxygen atoms in total. The topological polar surface area (TPSA) is 0 Å². The summed E-state index contributed by atoms with van der Waals surface area (Å²) >= 11 is -3.88. The molecule has 2 aliphatic rings. The van der Waals surface area contributed by atoms with Gasteiger partial charge >= 0.3 is 175 Å². The second-order valence-electron chi connectivity index (χ2n) is 8.54. The molecule has 0 amide bonds. The molecule has 0 saturated carbocycles. The summed E-state index contributed by atoms with van der Waals surface area (Å²) in [7, 11) is 8.16. The maximum Gasteiger partial charge on any atom is -0.147 e. The van der Waals surface area contributed by atoms with Crippen LogP contribution in [0.2, 0.25) is 4.13 Å². The van der Waals surface area contributed by atoms with Crippen LogP contribution in [0.25, 0.3) is 17.2 Å². The standard InChI is InChI=1S/C13H9.C9H7.C3H7.3ClH.H2Si.Zr/c1-3-7-12-10(5-1)9-11-6-2-4-8-13(11)12;1-2-5-9-7-3-6-8(9)4-1;1-3-2;;;;;/h1-9H;1-7H;1,3H2,2H3;3*1H;1H2;/q;;;;;;;+1/p-1. The first-order valence-electron chi connectivity index (χ1n) is 10.2. The Balaban J connectivity index is 0.00000128. The minimum atomic E-state index is -3.88. The van der Waals surface area contributed by atoms with Crippen LogP contribution in [0, 0.1) is 0 Å². The molecule has 0 spiro atoms. The summed E-state index contributed by atoms with van der Waals surface area (Å²) in [6.07, 6.45) is 5.90. The fourth-order valence-electron chi connectivity index (χ4n) is 5.78. The van der Waals surface area contributed by atoms with Crippen molar-refractivity contribution in [3.05, 3.63) is 101 Å². The van der Waals surface area contributed by atoms with Gasteiger partial charge in [0.15, 0.2) is 0 Å². The summed E-state index contributed by atoms with van der Waals surface area (Å²) in [6.45, 7) is 4.54. The number of benzene rings is 3. The van der Waals surface area contributed by atoms with Crippen molar-refractivity contribution >= 4 is 46.3 Å². The Bertz CT molecular complexity index is 1140. The number of hydrogen-bond acceptors (Lipinski definition) is 0. The minimum Gasteiger partial charge on any atom is -0.147 e. The number of hydrogen-bond donors (Lipinski definition) is 0. The Labute approximate surface area is 198 Å². The van der Waals surface area contributed by atoms with Crippen LogP contribution in [-0.4, -0.2) is 6.88 Å². The van der Waals surface area contributed by atoms with Crippen molar-refractivity contribution in [1.29, 1.82) is 0 Å². The summed E-state index contributed by atoms with van der Waals surface area (Å²) < 4.78 is 1.93. The van der Waals surface area contributed by atoms with Gasteiger partial charge in [-0.05, 0) is 0 Å². The molecule has 0 heterocycles. The van der Waals surface area contributed by atoms with Gasteiger partial charge in [0.05, 0.1) is 0 Å². The van der Waals surface area contributed by atoms with Crippen molar-refractivity contribution in [2.24, 2.45) is 0 Å². The zero-order valence-corrected chi connectivity index (χ0v) is 23.3. The maximum atomic E-state index is 8.16. The van der Waals surface area contributed by atoms with Gasteiger partial charge < -0.3 is 0 Å². The van der Waals surface area contributed by atoms with Gasteiger partial charge in [0, 0.05) is 0 Å². The molecule has 2 aliphatic carbocycles. The Morgan fingerprint density at radius 2 is 1.30 bits per heavy atom. The smallest absolute Gasteiger partial charge is 0.147 e. The molecule has 5 heteroatoms. The molecule has 0 N–H and O–H groups in total. The molecule has 0 saturated heterocycles. The molecule has 1 unspecified atom stereocenters. The van der Waals surface area contributed by atoms with Gasteiger partial charge in [-0.1, -0.05) is 0 Å². The fourth-order valence-corrected chi connectivity index (χ4v) is 30.0. The number of fused-ring (bicyclic) bond motifs is 4. The second kappa shape index (κ2) is 8.72. The first-order chi connectivity index (χ1) is 13.5. The molecular weight excluding hydrogens is 526 g/mol. The van der Waals surface area contributed by atoms with Crippen molar-refractivity contribution in [3.63, 3.8) is 0 Å². The van der Waals surface area contributed by atoms with Crippen molar-refractivity contribution < 1.29 is 16.2 Å². The largest absolute Gasteiger partial charge is 0.147 e. The number of rotatable bonds is 4. The third-order valence-corrected chi connectivity index (χ3v) is 31.5. The van der Waals surface area contributed by atoms with E-state index in [1.807, 2.05) is 0 Å². The predicted octanol–water partition coefficient (Wildman–Crippen LogP) is 7.59. The minimum absolute atomic E-state index is 0. The van der Waals surface area contributed by atoms with E-state index in [-0.39, 0.29) is 24.8 Å². The van der Waals surface area contributed by atoms with E-state index in [1.165, 1.54) is 33.4 Å². The molecule has 156 valence electrons. The molecule has 0 radical (unpaired) electrons. The van der Waals surface area contributed by atoms with Crippen LogP contribution in [0.5, 0.6) is 0 Å². The van der Waals surface area contributed by atoms with Crippen molar-refractivity contribution in [1.82, 2.24) is 0 Å². The summed E-state index contributed by atoms with van der Waals surface area (Å²) in [6, 6.07) is 26.8. The van der Waals surface area contributed by atoms with Crippen molar-refractivity contribution in [3.8, 4) is 11.1 Å². The molecule has 0 fully saturated rings. The van der Waals surface area contributed by atoms with E-state index in [9.17, 15) is 0 Å². The van der Waals surface area contributed by atoms with Gasteiger partial charge in [0.1, 0.15) is 0 Å². The third-order valence-electron chi connectivity index (χ3n) is 6.86. The van der Waals surface area contributed by atoms with E-state index >= 15 is 0 Å². The molecule has 0 aliphatic heterocycles. The van der Waals surface area contributed by atoms with Crippen molar-refractivity contribution in [2.75, 3.05) is 0 Å². The van der Waals surface area contributed by atoms with Crippen LogP contribution >= 0.6 is 33.3 Å². The Morgan fingerprint density at radius 3 is 1.87 bits per heavy atom. The van der Waals surface area contributed by atoms with Crippen molar-refractivity contribution in [2.45, 2.75) is 24.7 Å². The Morgan fingerprint density at radius 1 is 0.800 bits per heavy atom. The van der Waals surface area contributed by atoms with E-state index < -0.39 is 16.2 Å². The van der Waals surface area contributed by atoms with Gasteiger partial charge in [-0.15, -0.1) is 24.8 Å². The number of allylic oxidation sites excluding steroid dienone is 1. The van der Waals surface area contributed by atoms with Crippen LogP contribution < -0.4 is 0 Å². The summed E-state index contributed by atoms with van der Waals surface area (Å²) in [4.78, 5) is 0. The first-order valence-corrected chi connectivity index (χ1v) is 23.9. The zero-order chi connectivity index (χ0) is 19.4. The van der Waals surface area contributed by atoms with E-state index in [2.05, 4.69) is 98.8 Å². The SMILES string of the molecule is CC[CH2][Zr](=[SiH2])([Cl])([CH]1C=Cc2ccccc21)[CH]1c2ccccc2-c2ccccc21.Cl.Cl. The maximum absolute atomic E-state index is 8.16. The van der Waals surface area contributed by atoms with E-state index in [1.54, 1.807) is 0 Å². The molecule has 1 atom stereocenters. The Hall–Kier alpha value is -0.630. The van der Waals surface area contributed by atoms with Gasteiger partial charge in [-0.3, -0.25) is 0 Å². The van der Waals surface area contributed by atoms with Gasteiger partial charge in [-0.25, -0.2) is 0 Å². The molecular formula is C25H27Cl3SiZr. The quantitative estimate of drug-likeness (QED) is 0.292. The van der Waals surface area contributed by atoms with Gasteiger partial charge in [-0.2, -0.15) is 0 Å². The third kappa shape index (κ3) is 3.44. The van der Waals surface area contributed by atoms with E-state index in [0.717, 1.165) is 10.5 Å². The predicted molar refractivity (Wildman–Crippen MR) is 136 cm³/mol. The molecule has 0 bridgehead atoms. The average Bonchev–Trinajstić information content (AvgIpc) is 3.29. The van der Waals surface area contributed by atoms with Crippen LogP contribution in [0.4, 0.5) is 0 Å². The first kappa shape index (κ1) is 24.0. The van der Waals surface area contributed by atoms with Crippen LogP contribution in [0.15, 0.2) is 78.9 Å². The van der Waals surface area contributed by atoms with Crippen LogP contribution in [0.3, 0.4) is 0 Å². The summed E-state index contributed by atoms with van der Waals surface area (Å²) in [5, 5.41) is 0. The van der Waals surface area contributed by atoms with Crippen LogP contribution in [-0.2, 0) is 16.2 Å². The second-order valence-corrected chi connectivity index (χ2v) is 39.4. The summed E-state index contributed by atoms with van der Waals surface area (Å²) in [5.74, 6) is 0. The molecule has 3 aromatic carbocycles. The zero-order valence-electron chi connectivity index (χ0n) is 17.1. The molecule has 3 aromatic rings. The Kier molecular flexibility index (Phi) is 6.98. The average molecular weight is 553 g/mol. The molecule has 0 aromatic heterocycles. The summed E-state index contributed by atoms with van der Waals surface area (Å²) in [5.41, 5.74) is 8.52.